The molecular weight excluding hydrogens is 684 g/mol. The predicted molar refractivity (Wildman–Crippen MR) is 185 cm³/mol. The quantitative estimate of drug-likeness (QED) is 0.0862. The number of amides is 1. The lowest BCUT2D eigenvalue weighted by molar-refractivity contribution is -0.133. The molecule has 0 aliphatic heterocycles. The molecule has 0 saturated carbocycles. The van der Waals surface area contributed by atoms with Gasteiger partial charge in [-0.15, -0.1) is 0 Å². The van der Waals surface area contributed by atoms with Crippen LogP contribution in [0.3, 0.4) is 0 Å². The number of nitrogens with one attached hydrogen (secondary N) is 1. The third kappa shape index (κ3) is 6.84. The summed E-state index contributed by atoms with van der Waals surface area (Å²) in [4.78, 5) is 30.2. The van der Waals surface area contributed by atoms with Crippen LogP contribution in [-0.2, 0) is 16.1 Å². The minimum Gasteiger partial charge on any atom is -0.755 e. The maximum atomic E-state index is 15.7. The van der Waals surface area contributed by atoms with Crippen LogP contribution in [-0.4, -0.2) is 49.6 Å². The first kappa shape index (κ1) is 34.7. The standard InChI is InChI=1S/C36H29F2N5O7S/c1-4-32(44)50-35-25-9-6-5-8-24(25)26(33-30(48-2)10-7-11-31(33)49-3)18-29(35)41-36(45)34-27(37)16-23(17-28(34)38)43(51(46)47)22-14-12-21(13-15-22)42-20-39-19-40-42/h5-20H,4H2,1-3H3,(H,41,45)(H,46,47)/p-1. The highest BCUT2D eigenvalue weighted by Crippen LogP contribution is 2.47. The summed E-state index contributed by atoms with van der Waals surface area (Å²) < 4.78 is 75.1. The van der Waals surface area contributed by atoms with Crippen molar-refractivity contribution in [3.8, 4) is 34.1 Å². The Hall–Kier alpha value is -6.19. The van der Waals surface area contributed by atoms with Gasteiger partial charge in [0.1, 0.15) is 41.4 Å². The third-order valence-corrected chi connectivity index (χ3v) is 8.57. The number of rotatable bonds is 11. The molecule has 12 nitrogen and oxygen atoms in total. The molecule has 0 aliphatic rings. The van der Waals surface area contributed by atoms with Crippen molar-refractivity contribution in [3.05, 3.63) is 115 Å². The van der Waals surface area contributed by atoms with Gasteiger partial charge in [-0.05, 0) is 65.5 Å². The van der Waals surface area contributed by atoms with E-state index in [1.807, 2.05) is 0 Å². The van der Waals surface area contributed by atoms with Crippen LogP contribution in [0.1, 0.15) is 23.7 Å². The minimum atomic E-state index is -3.02. The van der Waals surface area contributed by atoms with Crippen molar-refractivity contribution in [1.82, 2.24) is 14.8 Å². The molecule has 0 saturated heterocycles. The van der Waals surface area contributed by atoms with Crippen LogP contribution < -0.4 is 23.8 Å². The summed E-state index contributed by atoms with van der Waals surface area (Å²) in [6, 6.07) is 20.9. The molecule has 1 N–H and O–H groups in total. The molecule has 5 aromatic carbocycles. The maximum Gasteiger partial charge on any atom is 0.310 e. The second-order valence-corrected chi connectivity index (χ2v) is 11.6. The van der Waals surface area contributed by atoms with E-state index in [1.54, 1.807) is 61.5 Å². The van der Waals surface area contributed by atoms with Gasteiger partial charge in [0.2, 0.25) is 0 Å². The molecule has 1 heterocycles. The van der Waals surface area contributed by atoms with E-state index in [9.17, 15) is 18.4 Å². The van der Waals surface area contributed by atoms with E-state index in [1.165, 1.54) is 49.8 Å². The van der Waals surface area contributed by atoms with E-state index < -0.39 is 46.0 Å². The zero-order chi connectivity index (χ0) is 36.2. The Morgan fingerprint density at radius 1 is 0.902 bits per heavy atom. The molecule has 1 atom stereocenters. The molecule has 15 heteroatoms. The predicted octanol–water partition coefficient (Wildman–Crippen LogP) is 6.88. The number of ether oxygens (including phenoxy) is 3. The summed E-state index contributed by atoms with van der Waals surface area (Å²) in [5.74, 6) is -3.76. The zero-order valence-corrected chi connectivity index (χ0v) is 28.1. The van der Waals surface area contributed by atoms with Gasteiger partial charge in [-0.25, -0.2) is 18.4 Å². The molecule has 6 rings (SSSR count). The molecule has 1 aromatic heterocycles. The molecule has 260 valence electrons. The Labute approximate surface area is 292 Å². The van der Waals surface area contributed by atoms with Crippen LogP contribution >= 0.6 is 0 Å². The topological polar surface area (TPSA) is 148 Å². The Morgan fingerprint density at radius 3 is 2.12 bits per heavy atom. The van der Waals surface area contributed by atoms with Crippen LogP contribution in [0.4, 0.5) is 25.8 Å². The molecule has 1 amide bonds. The summed E-state index contributed by atoms with van der Waals surface area (Å²) in [6.45, 7) is 1.59. The first-order chi connectivity index (χ1) is 24.6. The van der Waals surface area contributed by atoms with Gasteiger partial charge in [0.25, 0.3) is 5.91 Å². The van der Waals surface area contributed by atoms with Crippen molar-refractivity contribution in [2.45, 2.75) is 13.3 Å². The largest absolute Gasteiger partial charge is 0.755 e. The van der Waals surface area contributed by atoms with E-state index in [0.29, 0.717) is 43.4 Å². The van der Waals surface area contributed by atoms with Gasteiger partial charge in [-0.3, -0.25) is 18.1 Å². The van der Waals surface area contributed by atoms with E-state index in [-0.39, 0.29) is 23.5 Å². The maximum absolute atomic E-state index is 15.7. The first-order valence-electron chi connectivity index (χ1n) is 15.3. The number of carbonyl (C=O) groups is 2. The average Bonchev–Trinajstić information content (AvgIpc) is 3.67. The summed E-state index contributed by atoms with van der Waals surface area (Å²) in [5.41, 5.74) is 0.117. The highest BCUT2D eigenvalue weighted by atomic mass is 32.2. The van der Waals surface area contributed by atoms with Crippen molar-refractivity contribution in [1.29, 1.82) is 0 Å². The number of carbonyl (C=O) groups excluding carboxylic acids is 2. The molecular formula is C36H28F2N5O7S-. The van der Waals surface area contributed by atoms with Gasteiger partial charge in [0, 0.05) is 11.8 Å². The van der Waals surface area contributed by atoms with Crippen LogP contribution in [0.15, 0.2) is 97.6 Å². The second-order valence-electron chi connectivity index (χ2n) is 10.8. The number of methoxy groups -OCH3 is 2. The Kier molecular flexibility index (Phi) is 10.0. The van der Waals surface area contributed by atoms with Gasteiger partial charge in [-0.1, -0.05) is 37.3 Å². The van der Waals surface area contributed by atoms with Crippen molar-refractivity contribution >= 4 is 51.0 Å². The molecule has 0 spiro atoms. The van der Waals surface area contributed by atoms with Gasteiger partial charge >= 0.3 is 5.97 Å². The number of fused-ring (bicyclic) bond motifs is 1. The highest BCUT2D eigenvalue weighted by molar-refractivity contribution is 7.81. The van der Waals surface area contributed by atoms with Crippen LogP contribution in [0.5, 0.6) is 17.2 Å². The van der Waals surface area contributed by atoms with Gasteiger partial charge < -0.3 is 24.1 Å². The van der Waals surface area contributed by atoms with E-state index in [0.717, 1.165) is 12.1 Å². The van der Waals surface area contributed by atoms with Crippen LogP contribution in [0, 0.1) is 11.6 Å². The van der Waals surface area contributed by atoms with E-state index >= 15 is 8.78 Å². The Bertz CT molecular complexity index is 2240. The molecule has 0 fully saturated rings. The number of benzene rings is 5. The van der Waals surface area contributed by atoms with Crippen molar-refractivity contribution in [2.75, 3.05) is 23.8 Å². The minimum absolute atomic E-state index is 0.00469. The summed E-state index contributed by atoms with van der Waals surface area (Å²) >= 11 is -3.02. The lowest BCUT2D eigenvalue weighted by Gasteiger charge is -2.27. The van der Waals surface area contributed by atoms with E-state index in [2.05, 4.69) is 15.4 Å². The smallest absolute Gasteiger partial charge is 0.310 e. The summed E-state index contributed by atoms with van der Waals surface area (Å²) in [6.07, 6.45) is 2.76. The van der Waals surface area contributed by atoms with Gasteiger partial charge in [-0.2, -0.15) is 5.10 Å². The van der Waals surface area contributed by atoms with Crippen LogP contribution in [0.25, 0.3) is 27.6 Å². The molecule has 51 heavy (non-hydrogen) atoms. The summed E-state index contributed by atoms with van der Waals surface area (Å²) in [7, 11) is 2.96. The van der Waals surface area contributed by atoms with Gasteiger partial charge in [0.15, 0.2) is 5.75 Å². The second kappa shape index (κ2) is 14.7. The zero-order valence-electron chi connectivity index (χ0n) is 27.3. The Balaban J connectivity index is 1.43. The normalized spacial score (nSPS) is 11.6. The lowest BCUT2D eigenvalue weighted by Crippen LogP contribution is -2.22. The SMILES string of the molecule is CCC(=O)Oc1c(NC(=O)c2c(F)cc(N(c3ccc(-n4cncn4)cc3)S(=O)[O-])cc2F)cc(-c2c(OC)cccc2OC)c2ccccc12. The number of anilines is 3. The monoisotopic (exact) mass is 712 g/mol. The number of halogens is 2. The van der Waals surface area contributed by atoms with Crippen molar-refractivity contribution in [3.63, 3.8) is 0 Å². The van der Waals surface area contributed by atoms with E-state index in [4.69, 9.17) is 14.2 Å². The summed E-state index contributed by atoms with van der Waals surface area (Å²) in [5, 5.41) is 7.52. The first-order valence-corrected chi connectivity index (χ1v) is 16.3. The third-order valence-electron chi connectivity index (χ3n) is 7.85. The number of nitrogens with zero attached hydrogens (tertiary/aromatic N) is 4. The molecule has 0 radical (unpaired) electrons. The fourth-order valence-corrected chi connectivity index (χ4v) is 6.11. The highest BCUT2D eigenvalue weighted by Gasteiger charge is 2.26. The number of hydrogen-bond donors (Lipinski definition) is 1. The van der Waals surface area contributed by atoms with Crippen molar-refractivity contribution in [2.24, 2.45) is 0 Å². The number of aromatic nitrogens is 3. The lowest BCUT2D eigenvalue weighted by atomic mass is 9.95. The molecule has 6 aromatic rings. The van der Waals surface area contributed by atoms with Crippen molar-refractivity contribution < 1.29 is 41.3 Å². The fourth-order valence-electron chi connectivity index (χ4n) is 5.54. The number of hydrogen-bond acceptors (Lipinski definition) is 9. The number of esters is 1. The van der Waals surface area contributed by atoms with Gasteiger partial charge in [0.05, 0.1) is 53.8 Å². The molecule has 0 bridgehead atoms. The fraction of sp³-hybridized carbons (Fsp3) is 0.111. The average molecular weight is 713 g/mol. The van der Waals surface area contributed by atoms with Crippen LogP contribution in [0.2, 0.25) is 0 Å². The molecule has 0 aliphatic carbocycles. The Morgan fingerprint density at radius 2 is 1.55 bits per heavy atom. The molecule has 1 unspecified atom stereocenters.